The van der Waals surface area contributed by atoms with Crippen molar-refractivity contribution in [2.24, 2.45) is 0 Å². The summed E-state index contributed by atoms with van der Waals surface area (Å²) >= 11 is 0. The number of hydrogen-bond donors (Lipinski definition) is 0. The Morgan fingerprint density at radius 2 is 0.589 bits per heavy atom. The zero-order valence-corrected chi connectivity index (χ0v) is 48.4. The molecule has 0 aliphatic carbocycles. The number of nitrogens with zero attached hydrogens (tertiary/aromatic N) is 8. The minimum absolute atomic E-state index is 0.459. The van der Waals surface area contributed by atoms with Crippen molar-refractivity contribution in [1.82, 2.24) is 29.1 Å². The third kappa shape index (κ3) is 9.51. The summed E-state index contributed by atoms with van der Waals surface area (Å²) < 4.78 is 4.69. The average Bonchev–Trinajstić information content (AvgIpc) is 1.62. The van der Waals surface area contributed by atoms with Gasteiger partial charge in [-0.2, -0.15) is 5.26 Å². The van der Waals surface area contributed by atoms with E-state index in [4.69, 9.17) is 26.5 Å². The molecule has 0 saturated heterocycles. The molecule has 0 spiro atoms. The molecular formula is C82H50N8. The number of nitriles is 1. The molecule has 16 aromatic rings. The zero-order chi connectivity index (χ0) is 60.1. The van der Waals surface area contributed by atoms with E-state index >= 15 is 0 Å². The molecule has 0 amide bonds. The van der Waals surface area contributed by atoms with Gasteiger partial charge in [-0.1, -0.05) is 188 Å². The quantitative estimate of drug-likeness (QED) is 0.120. The van der Waals surface area contributed by atoms with Crippen molar-refractivity contribution < 1.29 is 0 Å². The molecule has 418 valence electrons. The molecule has 6 aromatic heterocycles. The van der Waals surface area contributed by atoms with E-state index in [1.165, 1.54) is 0 Å². The number of rotatable bonds is 11. The fraction of sp³-hybridized carbons (Fsp3) is 0. The van der Waals surface area contributed by atoms with Crippen molar-refractivity contribution >= 4 is 49.3 Å². The van der Waals surface area contributed by atoms with Crippen LogP contribution in [0.4, 0.5) is 5.69 Å². The topological polar surface area (TPSA) is 89.6 Å². The Morgan fingerprint density at radius 1 is 0.289 bits per heavy atom. The first-order valence-electron chi connectivity index (χ1n) is 29.8. The van der Waals surface area contributed by atoms with E-state index in [1.54, 1.807) is 0 Å². The van der Waals surface area contributed by atoms with E-state index < -0.39 is 0 Å². The van der Waals surface area contributed by atoms with Crippen LogP contribution in [0.25, 0.3) is 160 Å². The number of benzene rings is 10. The molecule has 8 nitrogen and oxygen atoms in total. The minimum Gasteiger partial charge on any atom is -0.308 e. The highest BCUT2D eigenvalue weighted by Gasteiger charge is 2.25. The van der Waals surface area contributed by atoms with Crippen LogP contribution >= 0.6 is 0 Å². The molecule has 0 N–H and O–H groups in total. The van der Waals surface area contributed by atoms with Crippen molar-refractivity contribution in [2.75, 3.05) is 0 Å². The predicted octanol–water partition coefficient (Wildman–Crippen LogP) is 20.9. The van der Waals surface area contributed by atoms with Crippen molar-refractivity contribution in [2.45, 2.75) is 0 Å². The smallest absolute Gasteiger partial charge is 0.187 e. The first-order chi connectivity index (χ1) is 44.5. The summed E-state index contributed by atoms with van der Waals surface area (Å²) in [4.78, 5) is 23.3. The Kier molecular flexibility index (Phi) is 13.1. The second-order valence-corrected chi connectivity index (χ2v) is 22.4. The second kappa shape index (κ2) is 22.3. The van der Waals surface area contributed by atoms with Gasteiger partial charge in [0.05, 0.1) is 74.4 Å². The number of fused-ring (bicyclic) bond motifs is 6. The summed E-state index contributed by atoms with van der Waals surface area (Å²) in [5.74, 6) is 0. The molecule has 0 aliphatic rings. The van der Waals surface area contributed by atoms with Gasteiger partial charge in [-0.3, -0.25) is 19.9 Å². The van der Waals surface area contributed by atoms with Crippen LogP contribution in [0.5, 0.6) is 0 Å². The molecule has 0 radical (unpaired) electrons. The molecule has 6 heterocycles. The van der Waals surface area contributed by atoms with E-state index in [0.717, 1.165) is 156 Å². The molecule has 0 saturated carbocycles. The van der Waals surface area contributed by atoms with Crippen LogP contribution < -0.4 is 0 Å². The highest BCUT2D eigenvalue weighted by Crippen LogP contribution is 2.46. The molecule has 0 aliphatic heterocycles. The van der Waals surface area contributed by atoms with Crippen LogP contribution in [0.2, 0.25) is 0 Å². The summed E-state index contributed by atoms with van der Waals surface area (Å²) in [5, 5.41) is 15.7. The summed E-state index contributed by atoms with van der Waals surface area (Å²) in [6, 6.07) is 99.3. The largest absolute Gasteiger partial charge is 0.308 e. The lowest BCUT2D eigenvalue weighted by Gasteiger charge is -2.21. The van der Waals surface area contributed by atoms with E-state index in [1.807, 2.05) is 128 Å². The molecule has 0 unspecified atom stereocenters. The van der Waals surface area contributed by atoms with Gasteiger partial charge in [0, 0.05) is 74.1 Å². The van der Waals surface area contributed by atoms with Crippen LogP contribution in [0.1, 0.15) is 5.56 Å². The lowest BCUT2D eigenvalue weighted by Crippen LogP contribution is -2.05. The predicted molar refractivity (Wildman–Crippen MR) is 366 cm³/mol. The Balaban J connectivity index is 1.01. The Labute approximate surface area is 519 Å². The van der Waals surface area contributed by atoms with Gasteiger partial charge in [-0.15, -0.1) is 0 Å². The van der Waals surface area contributed by atoms with Gasteiger partial charge in [0.1, 0.15) is 0 Å². The molecule has 8 heteroatoms. The van der Waals surface area contributed by atoms with Gasteiger partial charge < -0.3 is 9.13 Å². The number of hydrogen-bond acceptors (Lipinski definition) is 5. The monoisotopic (exact) mass is 1150 g/mol. The fourth-order valence-corrected chi connectivity index (χ4v) is 12.8. The third-order valence-electron chi connectivity index (χ3n) is 17.2. The van der Waals surface area contributed by atoms with Crippen LogP contribution in [0.15, 0.2) is 304 Å². The molecular weight excluding hydrogens is 1100 g/mol. The van der Waals surface area contributed by atoms with Crippen LogP contribution in [-0.2, 0) is 0 Å². The normalized spacial score (nSPS) is 11.3. The molecule has 0 atom stereocenters. The lowest BCUT2D eigenvalue weighted by atomic mass is 9.97. The SMILES string of the molecule is [C-]#[N+]c1cccc(-c2c(-n3c4cc(-c5ccnc(-c6ccccc6)c5)ccc4c4ccc(-c5ccnc(-c6ccccc6)c5)cc43)cc(C#N)cc2-n2c3cc(-c4ccnc(-c5ccccc5)c4)ccc3c3ccc(-c4ccnc(-c5ccccc5)c4)cc32)c1. The highest BCUT2D eigenvalue weighted by atomic mass is 15.0. The standard InChI is InChI=1S/C82H50N8/c1-84-67-24-14-23-66(43-67)82-80(89-76-48-58(62-33-37-85-72(44-62)54-15-6-2-7-16-54)25-29-68(76)69-30-26-59(49-77(69)89)63-34-38-86-73(45-63)55-17-8-3-9-18-55)41-53(52-83)42-81(82)90-78-50-60(64-35-39-87-74(46-64)56-19-10-4-11-20-56)27-31-70(78)71-32-28-61(51-79(71)90)65-36-40-88-75(47-65)57-21-12-5-13-22-57/h2-51H. The van der Waals surface area contributed by atoms with Crippen molar-refractivity contribution in [3.05, 3.63) is 321 Å². The van der Waals surface area contributed by atoms with E-state index in [2.05, 4.69) is 196 Å². The van der Waals surface area contributed by atoms with E-state index in [0.29, 0.717) is 11.3 Å². The van der Waals surface area contributed by atoms with Gasteiger partial charge in [0.2, 0.25) is 0 Å². The van der Waals surface area contributed by atoms with Crippen LogP contribution in [-0.4, -0.2) is 29.1 Å². The molecule has 90 heavy (non-hydrogen) atoms. The molecule has 0 bridgehead atoms. The van der Waals surface area contributed by atoms with Gasteiger partial charge >= 0.3 is 0 Å². The lowest BCUT2D eigenvalue weighted by molar-refractivity contribution is 1.13. The summed E-state index contributed by atoms with van der Waals surface area (Å²) in [6.07, 6.45) is 7.51. The van der Waals surface area contributed by atoms with E-state index in [9.17, 15) is 5.26 Å². The first kappa shape index (κ1) is 52.9. The van der Waals surface area contributed by atoms with Gasteiger partial charge in [0.25, 0.3) is 0 Å². The first-order valence-corrected chi connectivity index (χ1v) is 29.8. The van der Waals surface area contributed by atoms with E-state index in [-0.39, 0.29) is 0 Å². The Morgan fingerprint density at radius 3 is 0.889 bits per heavy atom. The number of pyridine rings is 4. The van der Waals surface area contributed by atoms with Gasteiger partial charge in [0.15, 0.2) is 5.69 Å². The molecule has 10 aromatic carbocycles. The molecule has 16 rings (SSSR count). The maximum absolute atomic E-state index is 11.6. The van der Waals surface area contributed by atoms with Gasteiger partial charge in [-0.25, -0.2) is 4.85 Å². The van der Waals surface area contributed by atoms with Crippen LogP contribution in [0.3, 0.4) is 0 Å². The maximum atomic E-state index is 11.6. The summed E-state index contributed by atoms with van der Waals surface area (Å²) in [7, 11) is 0. The van der Waals surface area contributed by atoms with Crippen molar-refractivity contribution in [3.63, 3.8) is 0 Å². The molecule has 0 fully saturated rings. The van der Waals surface area contributed by atoms with Crippen molar-refractivity contribution in [3.8, 4) is 118 Å². The third-order valence-corrected chi connectivity index (χ3v) is 17.2. The Hall–Kier alpha value is -12.6. The van der Waals surface area contributed by atoms with Crippen LogP contribution in [0, 0.1) is 17.9 Å². The highest BCUT2D eigenvalue weighted by molar-refractivity contribution is 6.14. The summed E-state index contributed by atoms with van der Waals surface area (Å²) in [5.41, 5.74) is 23.5. The van der Waals surface area contributed by atoms with Gasteiger partial charge in [-0.05, 0) is 141 Å². The Bertz CT molecular complexity index is 4970. The number of aromatic nitrogens is 6. The second-order valence-electron chi connectivity index (χ2n) is 22.4. The van der Waals surface area contributed by atoms with Crippen molar-refractivity contribution in [1.29, 1.82) is 5.26 Å². The average molecular weight is 1150 g/mol. The zero-order valence-electron chi connectivity index (χ0n) is 48.4. The summed E-state index contributed by atoms with van der Waals surface area (Å²) in [6.45, 7) is 8.44. The fourth-order valence-electron chi connectivity index (χ4n) is 12.8. The maximum Gasteiger partial charge on any atom is 0.187 e. The minimum atomic E-state index is 0.459.